The van der Waals surface area contributed by atoms with Crippen LogP contribution in [0.25, 0.3) is 27.5 Å². The molecule has 0 N–H and O–H groups in total. The first-order chi connectivity index (χ1) is 13.8. The molecule has 0 bridgehead atoms. The molecule has 0 radical (unpaired) electrons. The van der Waals surface area contributed by atoms with Crippen LogP contribution in [0.2, 0.25) is 0 Å². The minimum atomic E-state index is -4.50. The van der Waals surface area contributed by atoms with Crippen molar-refractivity contribution in [3.63, 3.8) is 0 Å². The van der Waals surface area contributed by atoms with Gasteiger partial charge in [0.05, 0.1) is 33.4 Å². The Morgan fingerprint density at radius 2 is 1.52 bits per heavy atom. The molecule has 29 heavy (non-hydrogen) atoms. The van der Waals surface area contributed by atoms with Crippen LogP contribution < -0.4 is 0 Å². The van der Waals surface area contributed by atoms with E-state index in [4.69, 9.17) is 0 Å². The second-order valence-corrected chi connectivity index (χ2v) is 6.95. The molecule has 1 aromatic heterocycles. The maximum absolute atomic E-state index is 13.4. The zero-order valence-corrected chi connectivity index (χ0v) is 15.1. The highest BCUT2D eigenvalue weighted by atomic mass is 19.4. The first-order valence-corrected chi connectivity index (χ1v) is 8.85. The first-order valence-electron chi connectivity index (χ1n) is 8.85. The summed E-state index contributed by atoms with van der Waals surface area (Å²) in [4.78, 5) is 26.1. The van der Waals surface area contributed by atoms with Gasteiger partial charge in [-0.05, 0) is 30.3 Å². The number of fused-ring (bicyclic) bond motifs is 4. The van der Waals surface area contributed by atoms with Gasteiger partial charge in [0.25, 0.3) is 11.8 Å². The topological polar surface area (TPSA) is 42.3 Å². The lowest BCUT2D eigenvalue weighted by molar-refractivity contribution is -0.137. The highest BCUT2D eigenvalue weighted by molar-refractivity contribution is 6.23. The molecule has 0 unspecified atom stereocenters. The van der Waals surface area contributed by atoms with Crippen molar-refractivity contribution in [1.82, 2.24) is 9.47 Å². The second-order valence-electron chi connectivity index (χ2n) is 6.95. The van der Waals surface area contributed by atoms with E-state index < -0.39 is 23.6 Å². The molecule has 3 aromatic carbocycles. The van der Waals surface area contributed by atoms with Crippen LogP contribution in [-0.2, 0) is 6.18 Å². The van der Waals surface area contributed by atoms with E-state index in [1.807, 2.05) is 12.1 Å². The number of carbonyl (C=O) groups excluding carboxylic acids is 2. The van der Waals surface area contributed by atoms with Gasteiger partial charge in [-0.25, -0.2) is 0 Å². The molecule has 0 spiro atoms. The third-order valence-electron chi connectivity index (χ3n) is 5.34. The summed E-state index contributed by atoms with van der Waals surface area (Å²) >= 11 is 0. The highest BCUT2D eigenvalue weighted by Gasteiger charge is 2.36. The Hall–Kier alpha value is -3.61. The van der Waals surface area contributed by atoms with Crippen LogP contribution in [-0.4, -0.2) is 28.3 Å². The summed E-state index contributed by atoms with van der Waals surface area (Å²) in [5.41, 5.74) is 1.03. The van der Waals surface area contributed by atoms with Crippen LogP contribution in [0.1, 0.15) is 26.3 Å². The Balaban J connectivity index is 1.94. The van der Waals surface area contributed by atoms with Gasteiger partial charge in [-0.15, -0.1) is 0 Å². The van der Waals surface area contributed by atoms with Gasteiger partial charge in [0, 0.05) is 17.8 Å². The number of para-hydroxylation sites is 1. The number of benzene rings is 3. The van der Waals surface area contributed by atoms with Crippen LogP contribution >= 0.6 is 0 Å². The van der Waals surface area contributed by atoms with Crippen LogP contribution in [0, 0.1) is 0 Å². The predicted octanol–water partition coefficient (Wildman–Crippen LogP) is 5.03. The number of aromatic nitrogens is 1. The van der Waals surface area contributed by atoms with Gasteiger partial charge in [0.15, 0.2) is 0 Å². The van der Waals surface area contributed by atoms with Gasteiger partial charge in [0.2, 0.25) is 0 Å². The van der Waals surface area contributed by atoms with Gasteiger partial charge >= 0.3 is 6.18 Å². The number of hydrogen-bond donors (Lipinski definition) is 0. The summed E-state index contributed by atoms with van der Waals surface area (Å²) in [7, 11) is 1.39. The van der Waals surface area contributed by atoms with E-state index in [2.05, 4.69) is 0 Å². The summed E-state index contributed by atoms with van der Waals surface area (Å²) in [6.07, 6.45) is -4.50. The van der Waals surface area contributed by atoms with E-state index in [9.17, 15) is 22.8 Å². The lowest BCUT2D eigenvalue weighted by Crippen LogP contribution is -2.24. The minimum Gasteiger partial charge on any atom is -0.308 e. The van der Waals surface area contributed by atoms with Gasteiger partial charge in [0.1, 0.15) is 0 Å². The van der Waals surface area contributed by atoms with Gasteiger partial charge in [-0.2, -0.15) is 13.2 Å². The van der Waals surface area contributed by atoms with E-state index >= 15 is 0 Å². The van der Waals surface area contributed by atoms with Crippen molar-refractivity contribution in [2.75, 3.05) is 7.05 Å². The SMILES string of the molecule is CN1C(=O)c2cccc(-n3c4ccccc4c4ccc(C(F)(F)F)cc43)c2C1=O. The summed E-state index contributed by atoms with van der Waals surface area (Å²) in [5.74, 6) is -0.901. The molecule has 2 amide bonds. The van der Waals surface area contributed by atoms with Crippen molar-refractivity contribution in [2.24, 2.45) is 0 Å². The number of alkyl halides is 3. The summed E-state index contributed by atoms with van der Waals surface area (Å²) < 4.78 is 41.8. The molecule has 4 nitrogen and oxygen atoms in total. The summed E-state index contributed by atoms with van der Waals surface area (Å²) in [6.45, 7) is 0. The minimum absolute atomic E-state index is 0.195. The smallest absolute Gasteiger partial charge is 0.308 e. The normalized spacial score (nSPS) is 14.3. The van der Waals surface area contributed by atoms with E-state index in [-0.39, 0.29) is 11.1 Å². The lowest BCUT2D eigenvalue weighted by Gasteiger charge is -2.13. The Bertz CT molecular complexity index is 1350. The number of hydrogen-bond acceptors (Lipinski definition) is 2. The Morgan fingerprint density at radius 3 is 2.28 bits per heavy atom. The van der Waals surface area contributed by atoms with Gasteiger partial charge in [-0.1, -0.05) is 30.3 Å². The van der Waals surface area contributed by atoms with Crippen molar-refractivity contribution >= 4 is 33.6 Å². The van der Waals surface area contributed by atoms with E-state index in [0.717, 1.165) is 22.4 Å². The average Bonchev–Trinajstić information content (AvgIpc) is 3.15. The van der Waals surface area contributed by atoms with Crippen molar-refractivity contribution in [1.29, 1.82) is 0 Å². The van der Waals surface area contributed by atoms with Crippen LogP contribution in [0.5, 0.6) is 0 Å². The molecular formula is C22H13F3N2O2. The Labute approximate surface area is 162 Å². The molecule has 2 heterocycles. The molecule has 5 rings (SSSR count). The standard InChI is InChI=1S/C22H13F3N2O2/c1-26-20(28)15-6-4-8-17(19(15)21(26)29)27-16-7-3-2-5-13(16)14-10-9-12(11-18(14)27)22(23,24)25/h2-11H,1H3. The molecule has 0 atom stereocenters. The number of halogens is 3. The first kappa shape index (κ1) is 17.5. The lowest BCUT2D eigenvalue weighted by atomic mass is 10.1. The van der Waals surface area contributed by atoms with Crippen molar-refractivity contribution in [3.8, 4) is 5.69 Å². The Kier molecular flexibility index (Phi) is 3.44. The molecule has 1 aliphatic heterocycles. The fourth-order valence-electron chi connectivity index (χ4n) is 3.98. The number of nitrogens with zero attached hydrogens (tertiary/aromatic N) is 2. The maximum Gasteiger partial charge on any atom is 0.416 e. The molecule has 4 aromatic rings. The van der Waals surface area contributed by atoms with Gasteiger partial charge in [-0.3, -0.25) is 14.5 Å². The van der Waals surface area contributed by atoms with Crippen molar-refractivity contribution in [2.45, 2.75) is 6.18 Å². The van der Waals surface area contributed by atoms with E-state index in [1.165, 1.54) is 13.1 Å². The van der Waals surface area contributed by atoms with Crippen molar-refractivity contribution in [3.05, 3.63) is 77.4 Å². The monoisotopic (exact) mass is 394 g/mol. The largest absolute Gasteiger partial charge is 0.416 e. The average molecular weight is 394 g/mol. The van der Waals surface area contributed by atoms with E-state index in [0.29, 0.717) is 22.1 Å². The molecule has 144 valence electrons. The van der Waals surface area contributed by atoms with Crippen LogP contribution in [0.15, 0.2) is 60.7 Å². The van der Waals surface area contributed by atoms with Crippen LogP contribution in [0.4, 0.5) is 13.2 Å². The molecule has 0 fully saturated rings. The number of imide groups is 1. The molecule has 0 aliphatic carbocycles. The fourth-order valence-corrected chi connectivity index (χ4v) is 3.98. The highest BCUT2D eigenvalue weighted by Crippen LogP contribution is 2.38. The third-order valence-corrected chi connectivity index (χ3v) is 5.34. The van der Waals surface area contributed by atoms with E-state index in [1.54, 1.807) is 34.9 Å². The maximum atomic E-state index is 13.4. The summed E-state index contributed by atoms with van der Waals surface area (Å²) in [5, 5.41) is 1.40. The zero-order valence-electron chi connectivity index (χ0n) is 15.1. The van der Waals surface area contributed by atoms with Crippen LogP contribution in [0.3, 0.4) is 0 Å². The quantitative estimate of drug-likeness (QED) is 0.425. The number of carbonyl (C=O) groups is 2. The molecule has 0 saturated carbocycles. The molecule has 7 heteroatoms. The van der Waals surface area contributed by atoms with Crippen molar-refractivity contribution < 1.29 is 22.8 Å². The third kappa shape index (κ3) is 2.33. The molecular weight excluding hydrogens is 381 g/mol. The number of amides is 2. The summed E-state index contributed by atoms with van der Waals surface area (Å²) in [6, 6.07) is 15.6. The predicted molar refractivity (Wildman–Crippen MR) is 102 cm³/mol. The van der Waals surface area contributed by atoms with Gasteiger partial charge < -0.3 is 4.57 Å². The second kappa shape index (κ2) is 5.70. The number of rotatable bonds is 1. The molecule has 0 saturated heterocycles. The molecule has 1 aliphatic rings. The fraction of sp³-hybridized carbons (Fsp3) is 0.0909. The Morgan fingerprint density at radius 1 is 0.793 bits per heavy atom. The zero-order chi connectivity index (χ0) is 20.5.